The van der Waals surface area contributed by atoms with Crippen LogP contribution in [0.3, 0.4) is 0 Å². The Morgan fingerprint density at radius 1 is 1.43 bits per heavy atom. The van der Waals surface area contributed by atoms with Crippen LogP contribution >= 0.6 is 0 Å². The molecule has 23 heavy (non-hydrogen) atoms. The summed E-state index contributed by atoms with van der Waals surface area (Å²) in [7, 11) is 0. The van der Waals surface area contributed by atoms with E-state index in [9.17, 15) is 4.79 Å². The SMILES string of the molecule is [CH-]=C1CCC[C@@]2(C)C1CC[C@@H]2C(C)CCC1CC(=C)C(=O)N1.[Y]. The van der Waals surface area contributed by atoms with E-state index in [0.717, 1.165) is 30.8 Å². The molecule has 2 aliphatic carbocycles. The van der Waals surface area contributed by atoms with E-state index >= 15 is 0 Å². The summed E-state index contributed by atoms with van der Waals surface area (Å²) < 4.78 is 0. The molecule has 3 unspecified atom stereocenters. The molecule has 1 N–H and O–H groups in total. The van der Waals surface area contributed by atoms with Gasteiger partial charge < -0.3 is 11.9 Å². The second kappa shape index (κ2) is 7.52. The van der Waals surface area contributed by atoms with Crippen LogP contribution in [0.4, 0.5) is 0 Å². The molecule has 1 aliphatic heterocycles. The van der Waals surface area contributed by atoms with E-state index in [0.29, 0.717) is 23.3 Å². The Kier molecular flexibility index (Phi) is 6.34. The number of hydrogen-bond donors (Lipinski definition) is 1. The van der Waals surface area contributed by atoms with Crippen molar-refractivity contribution in [1.82, 2.24) is 5.32 Å². The average molecular weight is 389 g/mol. The number of nitrogens with one attached hydrogen (secondary N) is 1. The molecular formula is C20H30NOY-. The molecule has 0 spiro atoms. The predicted octanol–water partition coefficient (Wildman–Crippen LogP) is 4.42. The molecule has 0 aromatic heterocycles. The number of fused-ring (bicyclic) bond motifs is 1. The molecule has 3 heteroatoms. The standard InChI is InChI=1S/C20H30NO.Y/c1-13-6-5-11-20(4)17(13)9-10-18(20)14(2)7-8-16-12-15(3)19(22)21-16;/h1,14,16-18H,3,5-12H2,2,4H3,(H,21,22);/q-1;/t14?,16?,17?,18-,20+;/m1./s1. The summed E-state index contributed by atoms with van der Waals surface area (Å²) in [5.74, 6) is 2.21. The topological polar surface area (TPSA) is 29.1 Å². The van der Waals surface area contributed by atoms with Gasteiger partial charge in [-0.05, 0) is 61.7 Å². The van der Waals surface area contributed by atoms with Crippen LogP contribution < -0.4 is 5.32 Å². The quantitative estimate of drug-likeness (QED) is 0.560. The van der Waals surface area contributed by atoms with Crippen LogP contribution in [-0.4, -0.2) is 11.9 Å². The fourth-order valence-corrected chi connectivity index (χ4v) is 5.58. The van der Waals surface area contributed by atoms with Gasteiger partial charge in [0.1, 0.15) is 0 Å². The zero-order chi connectivity index (χ0) is 15.9. The predicted molar refractivity (Wildman–Crippen MR) is 90.1 cm³/mol. The van der Waals surface area contributed by atoms with Crippen molar-refractivity contribution in [2.75, 3.05) is 0 Å². The van der Waals surface area contributed by atoms with Gasteiger partial charge in [-0.1, -0.05) is 33.3 Å². The second-order valence-corrected chi connectivity index (χ2v) is 8.20. The molecular weight excluding hydrogens is 359 g/mol. The summed E-state index contributed by atoms with van der Waals surface area (Å²) in [6, 6.07) is 0.315. The van der Waals surface area contributed by atoms with Crippen LogP contribution in [-0.2, 0) is 37.5 Å². The Morgan fingerprint density at radius 2 is 2.17 bits per heavy atom. The molecule has 2 saturated carbocycles. The Morgan fingerprint density at radius 3 is 2.83 bits per heavy atom. The molecule has 1 heterocycles. The molecule has 0 aromatic rings. The number of rotatable bonds is 4. The zero-order valence-electron chi connectivity index (χ0n) is 14.7. The largest absolute Gasteiger partial charge is 0.514 e. The summed E-state index contributed by atoms with van der Waals surface area (Å²) in [5.41, 5.74) is 2.44. The van der Waals surface area contributed by atoms with Crippen molar-refractivity contribution in [3.8, 4) is 0 Å². The first-order chi connectivity index (χ1) is 10.4. The number of carbonyl (C=O) groups is 1. The molecule has 1 saturated heterocycles. The van der Waals surface area contributed by atoms with Gasteiger partial charge >= 0.3 is 0 Å². The van der Waals surface area contributed by atoms with E-state index in [-0.39, 0.29) is 38.6 Å². The normalized spacial score (nSPS) is 38.0. The Balaban J connectivity index is 0.00000192. The van der Waals surface area contributed by atoms with E-state index in [4.69, 9.17) is 6.58 Å². The maximum Gasteiger partial charge on any atom is 0.246 e. The van der Waals surface area contributed by atoms with Gasteiger partial charge in [0.2, 0.25) is 5.91 Å². The number of carbonyl (C=O) groups excluding carboxylic acids is 1. The van der Waals surface area contributed by atoms with Crippen molar-refractivity contribution in [2.24, 2.45) is 23.2 Å². The molecule has 3 fully saturated rings. The van der Waals surface area contributed by atoms with Crippen LogP contribution in [0.15, 0.2) is 17.7 Å². The number of amides is 1. The zero-order valence-corrected chi connectivity index (χ0v) is 17.6. The van der Waals surface area contributed by atoms with Crippen molar-refractivity contribution < 1.29 is 37.5 Å². The summed E-state index contributed by atoms with van der Waals surface area (Å²) in [6.45, 7) is 15.1. The minimum Gasteiger partial charge on any atom is -0.514 e. The van der Waals surface area contributed by atoms with Crippen LogP contribution in [0.2, 0.25) is 0 Å². The van der Waals surface area contributed by atoms with Crippen LogP contribution in [0.1, 0.15) is 65.2 Å². The van der Waals surface area contributed by atoms with Gasteiger partial charge in [-0.15, -0.1) is 0 Å². The fraction of sp³-hybridized carbons (Fsp3) is 0.750. The third-order valence-corrected chi connectivity index (χ3v) is 6.84. The second-order valence-electron chi connectivity index (χ2n) is 8.20. The number of hydrogen-bond acceptors (Lipinski definition) is 1. The van der Waals surface area contributed by atoms with Crippen LogP contribution in [0.25, 0.3) is 0 Å². The molecule has 1 radical (unpaired) electrons. The van der Waals surface area contributed by atoms with Crippen LogP contribution in [0, 0.1) is 29.7 Å². The minimum atomic E-state index is 0. The van der Waals surface area contributed by atoms with E-state index in [1.54, 1.807) is 0 Å². The van der Waals surface area contributed by atoms with Crippen molar-refractivity contribution >= 4 is 5.91 Å². The molecule has 125 valence electrons. The molecule has 5 atom stereocenters. The summed E-state index contributed by atoms with van der Waals surface area (Å²) in [4.78, 5) is 11.5. The van der Waals surface area contributed by atoms with Crippen molar-refractivity contribution in [3.05, 3.63) is 24.3 Å². The molecule has 2 nitrogen and oxygen atoms in total. The van der Waals surface area contributed by atoms with Crippen molar-refractivity contribution in [1.29, 1.82) is 0 Å². The van der Waals surface area contributed by atoms with Gasteiger partial charge in [0, 0.05) is 44.3 Å². The van der Waals surface area contributed by atoms with Gasteiger partial charge in [0.05, 0.1) is 0 Å². The minimum absolute atomic E-state index is 0. The molecule has 3 rings (SSSR count). The van der Waals surface area contributed by atoms with E-state index in [1.165, 1.54) is 37.7 Å². The maximum absolute atomic E-state index is 11.5. The smallest absolute Gasteiger partial charge is 0.246 e. The third-order valence-electron chi connectivity index (χ3n) is 6.84. The maximum atomic E-state index is 11.5. The van der Waals surface area contributed by atoms with Crippen molar-refractivity contribution in [3.63, 3.8) is 0 Å². The molecule has 0 bridgehead atoms. The van der Waals surface area contributed by atoms with E-state index in [1.807, 2.05) is 0 Å². The number of allylic oxidation sites excluding steroid dienone is 1. The summed E-state index contributed by atoms with van der Waals surface area (Å²) in [5, 5.41) is 3.06. The van der Waals surface area contributed by atoms with Crippen molar-refractivity contribution in [2.45, 2.75) is 71.3 Å². The molecule has 0 aromatic carbocycles. The van der Waals surface area contributed by atoms with E-state index < -0.39 is 0 Å². The first-order valence-corrected chi connectivity index (χ1v) is 9.01. The summed E-state index contributed by atoms with van der Waals surface area (Å²) >= 11 is 0. The van der Waals surface area contributed by atoms with E-state index in [2.05, 4.69) is 25.7 Å². The Bertz CT molecular complexity index is 484. The average Bonchev–Trinajstić information content (AvgIpc) is 2.97. The van der Waals surface area contributed by atoms with Gasteiger partial charge in [0.25, 0.3) is 0 Å². The van der Waals surface area contributed by atoms with Crippen LogP contribution in [0.5, 0.6) is 0 Å². The van der Waals surface area contributed by atoms with Gasteiger partial charge in [0.15, 0.2) is 0 Å². The monoisotopic (exact) mass is 389 g/mol. The Hall–Kier alpha value is 0.0539. The first kappa shape index (κ1) is 19.4. The van der Waals surface area contributed by atoms with Gasteiger partial charge in [-0.2, -0.15) is 0 Å². The first-order valence-electron chi connectivity index (χ1n) is 9.01. The molecule has 1 amide bonds. The fourth-order valence-electron chi connectivity index (χ4n) is 5.58. The van der Waals surface area contributed by atoms with Gasteiger partial charge in [-0.25, -0.2) is 0 Å². The third kappa shape index (κ3) is 3.69. The Labute approximate surface area is 166 Å². The summed E-state index contributed by atoms with van der Waals surface area (Å²) in [6.07, 6.45) is 9.47. The molecule has 3 aliphatic rings. The van der Waals surface area contributed by atoms with Gasteiger partial charge in [-0.3, -0.25) is 10.4 Å².